The van der Waals surface area contributed by atoms with E-state index >= 15 is 0 Å². The Morgan fingerprint density at radius 1 is 1.32 bits per heavy atom. The second kappa shape index (κ2) is 11.6. The third-order valence-corrected chi connectivity index (χ3v) is 4.16. The molecule has 7 nitrogen and oxygen atoms in total. The van der Waals surface area contributed by atoms with Gasteiger partial charge in [-0.05, 0) is 24.3 Å². The van der Waals surface area contributed by atoms with Crippen LogP contribution in [0.1, 0.15) is 44.6 Å². The number of anilines is 2. The molecule has 150 valence electrons. The average Bonchev–Trinajstić information content (AvgIpc) is 2.71. The van der Waals surface area contributed by atoms with Crippen molar-refractivity contribution in [3.63, 3.8) is 0 Å². The van der Waals surface area contributed by atoms with Crippen molar-refractivity contribution in [2.24, 2.45) is 10.7 Å². The Morgan fingerprint density at radius 3 is 2.86 bits per heavy atom. The van der Waals surface area contributed by atoms with E-state index in [9.17, 15) is 0 Å². The second-order valence-electron chi connectivity index (χ2n) is 6.59. The summed E-state index contributed by atoms with van der Waals surface area (Å²) < 4.78 is 5.72. The number of nitrogens with one attached hydrogen (secondary N) is 1. The van der Waals surface area contributed by atoms with Crippen LogP contribution in [0.25, 0.3) is 0 Å². The van der Waals surface area contributed by atoms with Gasteiger partial charge in [0.05, 0.1) is 11.9 Å². The summed E-state index contributed by atoms with van der Waals surface area (Å²) in [6, 6.07) is 10.4. The molecule has 1 heterocycles. The van der Waals surface area contributed by atoms with Gasteiger partial charge in [-0.1, -0.05) is 50.6 Å². The zero-order valence-corrected chi connectivity index (χ0v) is 16.6. The van der Waals surface area contributed by atoms with E-state index in [4.69, 9.17) is 16.2 Å². The number of nitrogen functional groups attached to an aromatic ring is 1. The first-order valence-electron chi connectivity index (χ1n) is 9.60. The first-order valence-corrected chi connectivity index (χ1v) is 9.60. The molecule has 0 fully saturated rings. The molecule has 0 aliphatic carbocycles. The molecule has 0 aliphatic rings. The first kappa shape index (κ1) is 21.2. The van der Waals surface area contributed by atoms with Crippen molar-refractivity contribution in [3.05, 3.63) is 54.0 Å². The fraction of sp³-hybridized carbons (Fsp3) is 0.381. The molecular weight excluding hydrogens is 352 g/mol. The van der Waals surface area contributed by atoms with Gasteiger partial charge in [0.1, 0.15) is 6.61 Å². The SMILES string of the molecule is CCCCNc1nc(N)ncc1OC/C(N)=C/N=CCC(C)c1ccccc1. The Kier molecular flexibility index (Phi) is 8.78. The maximum Gasteiger partial charge on any atom is 0.222 e. The van der Waals surface area contributed by atoms with Crippen LogP contribution < -0.4 is 21.5 Å². The van der Waals surface area contributed by atoms with Gasteiger partial charge >= 0.3 is 0 Å². The lowest BCUT2D eigenvalue weighted by molar-refractivity contribution is 0.349. The molecule has 0 bridgehead atoms. The summed E-state index contributed by atoms with van der Waals surface area (Å²) in [5.74, 6) is 1.70. The first-order chi connectivity index (χ1) is 13.6. The molecule has 2 aromatic rings. The summed E-state index contributed by atoms with van der Waals surface area (Å²) in [6.07, 6.45) is 7.98. The largest absolute Gasteiger partial charge is 0.482 e. The van der Waals surface area contributed by atoms with Gasteiger partial charge in [0.2, 0.25) is 5.95 Å². The van der Waals surface area contributed by atoms with Gasteiger partial charge in [-0.15, -0.1) is 0 Å². The minimum Gasteiger partial charge on any atom is -0.482 e. The Morgan fingerprint density at radius 2 is 2.11 bits per heavy atom. The van der Waals surface area contributed by atoms with Crippen molar-refractivity contribution in [1.82, 2.24) is 9.97 Å². The molecule has 1 atom stereocenters. The third kappa shape index (κ3) is 7.26. The lowest BCUT2D eigenvalue weighted by atomic mass is 9.99. The van der Waals surface area contributed by atoms with E-state index in [0.717, 1.165) is 25.8 Å². The molecule has 0 spiro atoms. The highest BCUT2D eigenvalue weighted by Crippen LogP contribution is 2.22. The Labute approximate surface area is 166 Å². The van der Waals surface area contributed by atoms with Gasteiger partial charge in [0, 0.05) is 19.0 Å². The van der Waals surface area contributed by atoms with Crippen LogP contribution >= 0.6 is 0 Å². The van der Waals surface area contributed by atoms with E-state index in [-0.39, 0.29) is 12.6 Å². The van der Waals surface area contributed by atoms with Gasteiger partial charge in [-0.2, -0.15) is 4.98 Å². The molecular formula is C21H30N6O. The molecule has 2 rings (SSSR count). The standard InChI is InChI=1S/C21H30N6O/c1-3-4-11-25-20-19(14-26-21(23)27-20)28-15-18(22)13-24-12-10-16(2)17-8-6-5-7-9-17/h5-9,12-14,16H,3-4,10-11,15,22H2,1-2H3,(H3,23,25,26,27)/b18-13-,24-12?. The maximum atomic E-state index is 5.99. The fourth-order valence-corrected chi connectivity index (χ4v) is 2.48. The van der Waals surface area contributed by atoms with E-state index < -0.39 is 0 Å². The second-order valence-corrected chi connectivity index (χ2v) is 6.59. The zero-order chi connectivity index (χ0) is 20.2. The lowest BCUT2D eigenvalue weighted by Crippen LogP contribution is -2.12. The number of nitrogens with zero attached hydrogens (tertiary/aromatic N) is 3. The molecule has 0 aliphatic heterocycles. The third-order valence-electron chi connectivity index (χ3n) is 4.16. The van der Waals surface area contributed by atoms with Crippen LogP contribution in [-0.4, -0.2) is 29.3 Å². The minimum atomic E-state index is 0.196. The molecule has 1 aromatic heterocycles. The van der Waals surface area contributed by atoms with Crippen LogP contribution in [0.3, 0.4) is 0 Å². The van der Waals surface area contributed by atoms with Crippen LogP contribution in [0, 0.1) is 0 Å². The number of hydrogen-bond acceptors (Lipinski definition) is 7. The molecule has 28 heavy (non-hydrogen) atoms. The summed E-state index contributed by atoms with van der Waals surface area (Å²) in [7, 11) is 0. The number of aromatic nitrogens is 2. The topological polar surface area (TPSA) is 111 Å². The fourth-order valence-electron chi connectivity index (χ4n) is 2.48. The summed E-state index contributed by atoms with van der Waals surface area (Å²) in [4.78, 5) is 12.5. The van der Waals surface area contributed by atoms with Gasteiger partial charge in [0.25, 0.3) is 0 Å². The minimum absolute atomic E-state index is 0.196. The van der Waals surface area contributed by atoms with Gasteiger partial charge < -0.3 is 21.5 Å². The average molecular weight is 383 g/mol. The molecule has 0 amide bonds. The van der Waals surface area contributed by atoms with Crippen molar-refractivity contribution >= 4 is 18.0 Å². The summed E-state index contributed by atoms with van der Waals surface area (Å²) >= 11 is 0. The number of nitrogens with two attached hydrogens (primary N) is 2. The van der Waals surface area contributed by atoms with E-state index in [1.165, 1.54) is 5.56 Å². The van der Waals surface area contributed by atoms with Gasteiger partial charge in [0.15, 0.2) is 11.6 Å². The highest BCUT2D eigenvalue weighted by Gasteiger charge is 2.07. The quantitative estimate of drug-likeness (QED) is 0.403. The van der Waals surface area contributed by atoms with E-state index in [2.05, 4.69) is 46.3 Å². The van der Waals surface area contributed by atoms with Crippen LogP contribution in [-0.2, 0) is 0 Å². The van der Waals surface area contributed by atoms with Crippen molar-refractivity contribution in [1.29, 1.82) is 0 Å². The van der Waals surface area contributed by atoms with Gasteiger partial charge in [-0.25, -0.2) is 4.98 Å². The molecule has 0 saturated heterocycles. The molecule has 7 heteroatoms. The van der Waals surface area contributed by atoms with Crippen LogP contribution in [0.15, 0.2) is 53.4 Å². The molecule has 0 radical (unpaired) electrons. The van der Waals surface area contributed by atoms with E-state index in [1.807, 2.05) is 24.4 Å². The highest BCUT2D eigenvalue weighted by atomic mass is 16.5. The number of ether oxygens (including phenoxy) is 1. The van der Waals surface area contributed by atoms with Crippen molar-refractivity contribution < 1.29 is 4.74 Å². The summed E-state index contributed by atoms with van der Waals surface area (Å²) in [5.41, 5.74) is 13.5. The van der Waals surface area contributed by atoms with Crippen LogP contribution in [0.4, 0.5) is 11.8 Å². The predicted octanol–water partition coefficient (Wildman–Crippen LogP) is 3.71. The number of benzene rings is 1. The molecule has 5 N–H and O–H groups in total. The van der Waals surface area contributed by atoms with Crippen molar-refractivity contribution in [2.45, 2.75) is 39.0 Å². The number of aliphatic imine (C=N–C) groups is 1. The number of hydrogen-bond donors (Lipinski definition) is 3. The van der Waals surface area contributed by atoms with Crippen LogP contribution in [0.2, 0.25) is 0 Å². The van der Waals surface area contributed by atoms with Crippen molar-refractivity contribution in [2.75, 3.05) is 24.2 Å². The van der Waals surface area contributed by atoms with Crippen molar-refractivity contribution in [3.8, 4) is 5.75 Å². The van der Waals surface area contributed by atoms with Gasteiger partial charge in [-0.3, -0.25) is 4.99 Å². The van der Waals surface area contributed by atoms with Crippen LogP contribution in [0.5, 0.6) is 5.75 Å². The normalized spacial score (nSPS) is 12.9. The lowest BCUT2D eigenvalue weighted by Gasteiger charge is -2.12. The number of rotatable bonds is 11. The Hall–Kier alpha value is -3.09. The molecule has 1 unspecified atom stereocenters. The Balaban J connectivity index is 1.85. The van der Waals surface area contributed by atoms with E-state index in [0.29, 0.717) is 23.2 Å². The summed E-state index contributed by atoms with van der Waals surface area (Å²) in [6.45, 7) is 5.28. The Bertz CT molecular complexity index is 776. The monoisotopic (exact) mass is 382 g/mol. The summed E-state index contributed by atoms with van der Waals surface area (Å²) in [5, 5.41) is 3.21. The maximum absolute atomic E-state index is 5.99. The molecule has 0 saturated carbocycles. The highest BCUT2D eigenvalue weighted by molar-refractivity contribution is 5.59. The van der Waals surface area contributed by atoms with E-state index in [1.54, 1.807) is 12.4 Å². The zero-order valence-electron chi connectivity index (χ0n) is 16.6. The number of unbranched alkanes of at least 4 members (excludes halogenated alkanes) is 1. The smallest absolute Gasteiger partial charge is 0.222 e. The molecule has 1 aromatic carbocycles. The predicted molar refractivity (Wildman–Crippen MR) is 116 cm³/mol.